The van der Waals surface area contributed by atoms with Crippen molar-refractivity contribution in [3.63, 3.8) is 0 Å². The van der Waals surface area contributed by atoms with Gasteiger partial charge >= 0.3 is 0 Å². The predicted molar refractivity (Wildman–Crippen MR) is 138 cm³/mol. The van der Waals surface area contributed by atoms with E-state index in [4.69, 9.17) is 4.74 Å². The number of nitrogens with one attached hydrogen (secondary N) is 2. The third-order valence-corrected chi connectivity index (χ3v) is 7.67. The second-order valence-electron chi connectivity index (χ2n) is 8.46. The molecule has 5 rings (SSSR count). The highest BCUT2D eigenvalue weighted by Crippen LogP contribution is 2.25. The molecule has 2 N–H and O–H groups in total. The Balaban J connectivity index is 1.23. The third-order valence-electron chi connectivity index (χ3n) is 5.79. The van der Waals surface area contributed by atoms with Gasteiger partial charge in [-0.25, -0.2) is 22.8 Å². The number of hydrogen-bond donors (Lipinski definition) is 2. The maximum absolute atomic E-state index is 13.3. The first-order valence-corrected chi connectivity index (χ1v) is 13.2. The molecule has 0 amide bonds. The van der Waals surface area contributed by atoms with Crippen LogP contribution >= 0.6 is 0 Å². The maximum Gasteiger partial charge on any atom is 0.243 e. The van der Waals surface area contributed by atoms with Gasteiger partial charge in [-0.05, 0) is 73.5 Å². The third kappa shape index (κ3) is 6.19. The van der Waals surface area contributed by atoms with Crippen molar-refractivity contribution in [2.75, 3.05) is 23.7 Å². The molecule has 1 fully saturated rings. The van der Waals surface area contributed by atoms with Crippen molar-refractivity contribution >= 4 is 33.2 Å². The van der Waals surface area contributed by atoms with Crippen LogP contribution in [0.5, 0.6) is 5.88 Å². The van der Waals surface area contributed by atoms with Gasteiger partial charge in [-0.3, -0.25) is 0 Å². The molecule has 0 aliphatic carbocycles. The first-order chi connectivity index (χ1) is 18.0. The summed E-state index contributed by atoms with van der Waals surface area (Å²) in [5.74, 6) is 1.02. The van der Waals surface area contributed by atoms with Crippen molar-refractivity contribution in [2.45, 2.75) is 23.8 Å². The highest BCUT2D eigenvalue weighted by Gasteiger charge is 2.31. The largest absolute Gasteiger partial charge is 0.473 e. The van der Waals surface area contributed by atoms with Crippen molar-refractivity contribution in [3.05, 3.63) is 91.0 Å². The van der Waals surface area contributed by atoms with Gasteiger partial charge in [0.05, 0.1) is 11.4 Å². The number of halogens is 1. The minimum atomic E-state index is -3.68. The van der Waals surface area contributed by atoms with Crippen LogP contribution in [0.2, 0.25) is 0 Å². The molecule has 2 aromatic carbocycles. The zero-order valence-corrected chi connectivity index (χ0v) is 20.6. The summed E-state index contributed by atoms with van der Waals surface area (Å²) in [5.41, 5.74) is 1.32. The summed E-state index contributed by atoms with van der Waals surface area (Å²) in [6, 6.07) is 19.5. The summed E-state index contributed by atoms with van der Waals surface area (Å²) in [5, 5.41) is 6.16. The lowest BCUT2D eigenvalue weighted by Crippen LogP contribution is -2.44. The highest BCUT2D eigenvalue weighted by atomic mass is 32.2. The number of ether oxygens (including phenoxy) is 1. The van der Waals surface area contributed by atoms with E-state index >= 15 is 0 Å². The first-order valence-electron chi connectivity index (χ1n) is 11.8. The lowest BCUT2D eigenvalue weighted by molar-refractivity contribution is 0.124. The Kier molecular flexibility index (Phi) is 7.24. The minimum absolute atomic E-state index is 0.198. The number of anilines is 4. The Labute approximate surface area is 214 Å². The SMILES string of the molecule is O=S(=O)(c1ccc(Nc2nccc(Nc3ccc(F)cc3)n2)cc1)N1CCCC(Oc2ccccn2)C1. The van der Waals surface area contributed by atoms with E-state index in [1.165, 1.54) is 16.4 Å². The molecule has 9 nitrogen and oxygen atoms in total. The molecule has 37 heavy (non-hydrogen) atoms. The fraction of sp³-hybridized carbons (Fsp3) is 0.192. The fourth-order valence-electron chi connectivity index (χ4n) is 3.97. The number of pyridine rings is 1. The van der Waals surface area contributed by atoms with Gasteiger partial charge in [0.2, 0.25) is 21.9 Å². The Morgan fingerprint density at radius 2 is 1.65 bits per heavy atom. The molecule has 0 spiro atoms. The molecule has 1 atom stereocenters. The van der Waals surface area contributed by atoms with Crippen LogP contribution < -0.4 is 15.4 Å². The van der Waals surface area contributed by atoms with E-state index in [0.29, 0.717) is 42.0 Å². The quantitative estimate of drug-likeness (QED) is 0.343. The average Bonchev–Trinajstić information content (AvgIpc) is 2.91. The Morgan fingerprint density at radius 3 is 2.41 bits per heavy atom. The van der Waals surface area contributed by atoms with E-state index in [9.17, 15) is 12.8 Å². The fourth-order valence-corrected chi connectivity index (χ4v) is 5.48. The summed E-state index contributed by atoms with van der Waals surface area (Å²) in [7, 11) is -3.68. The maximum atomic E-state index is 13.3. The molecule has 4 aromatic rings. The van der Waals surface area contributed by atoms with Gasteiger partial charge in [-0.2, -0.15) is 9.29 Å². The van der Waals surface area contributed by atoms with Gasteiger partial charge in [-0.1, -0.05) is 6.07 Å². The van der Waals surface area contributed by atoms with Crippen molar-refractivity contribution in [2.24, 2.45) is 0 Å². The number of rotatable bonds is 8. The summed E-state index contributed by atoms with van der Waals surface area (Å²) < 4.78 is 47.0. The monoisotopic (exact) mass is 520 g/mol. The smallest absolute Gasteiger partial charge is 0.243 e. The number of benzene rings is 2. The molecule has 1 unspecified atom stereocenters. The normalized spacial score (nSPS) is 16.2. The standard InChI is InChI=1S/C26H25FN6O3S/c27-19-6-8-20(9-7-19)30-24-14-16-29-26(32-24)31-21-10-12-23(13-11-21)37(34,35)33-17-3-4-22(18-33)36-25-5-1-2-15-28-25/h1-2,5-16,22H,3-4,17-18H2,(H2,29,30,31,32). The number of piperidine rings is 1. The van der Waals surface area contributed by atoms with Crippen molar-refractivity contribution in [3.8, 4) is 5.88 Å². The van der Waals surface area contributed by atoms with Crippen LogP contribution in [0.25, 0.3) is 0 Å². The molecule has 1 aliphatic heterocycles. The average molecular weight is 521 g/mol. The lowest BCUT2D eigenvalue weighted by atomic mass is 10.1. The van der Waals surface area contributed by atoms with Crippen LogP contribution in [0, 0.1) is 5.82 Å². The molecule has 0 saturated carbocycles. The molecular formula is C26H25FN6O3S. The van der Waals surface area contributed by atoms with Gasteiger partial charge in [0, 0.05) is 36.4 Å². The van der Waals surface area contributed by atoms with Crippen molar-refractivity contribution < 1.29 is 17.5 Å². The van der Waals surface area contributed by atoms with Crippen molar-refractivity contribution in [1.82, 2.24) is 19.3 Å². The van der Waals surface area contributed by atoms with E-state index in [-0.39, 0.29) is 23.4 Å². The topological polar surface area (TPSA) is 109 Å². The second kappa shape index (κ2) is 10.9. The minimum Gasteiger partial charge on any atom is -0.473 e. The number of sulfonamides is 1. The summed E-state index contributed by atoms with van der Waals surface area (Å²) in [6.45, 7) is 0.701. The van der Waals surface area contributed by atoms with Crippen molar-refractivity contribution in [1.29, 1.82) is 0 Å². The molecule has 1 saturated heterocycles. The number of hydrogen-bond acceptors (Lipinski definition) is 8. The lowest BCUT2D eigenvalue weighted by Gasteiger charge is -2.31. The van der Waals surface area contributed by atoms with E-state index in [1.807, 2.05) is 6.07 Å². The highest BCUT2D eigenvalue weighted by molar-refractivity contribution is 7.89. The van der Waals surface area contributed by atoms with Crippen LogP contribution in [0.15, 0.2) is 90.1 Å². The van der Waals surface area contributed by atoms with Gasteiger partial charge in [0.1, 0.15) is 17.7 Å². The Hall–Kier alpha value is -4.09. The van der Waals surface area contributed by atoms with Crippen LogP contribution in [0.3, 0.4) is 0 Å². The summed E-state index contributed by atoms with van der Waals surface area (Å²) in [4.78, 5) is 13.0. The first kappa shape index (κ1) is 24.6. The predicted octanol–water partition coefficient (Wildman–Crippen LogP) is 4.73. The number of nitrogens with zero attached hydrogens (tertiary/aromatic N) is 4. The molecule has 2 aromatic heterocycles. The zero-order chi connectivity index (χ0) is 25.7. The zero-order valence-electron chi connectivity index (χ0n) is 19.8. The van der Waals surface area contributed by atoms with Crippen LogP contribution in [-0.2, 0) is 10.0 Å². The van der Waals surface area contributed by atoms with Gasteiger partial charge in [-0.15, -0.1) is 0 Å². The van der Waals surface area contributed by atoms with Crippen LogP contribution in [0.4, 0.5) is 27.5 Å². The van der Waals surface area contributed by atoms with E-state index in [1.54, 1.807) is 67.0 Å². The Morgan fingerprint density at radius 1 is 0.892 bits per heavy atom. The summed E-state index contributed by atoms with van der Waals surface area (Å²) >= 11 is 0. The van der Waals surface area contributed by atoms with Crippen LogP contribution in [-0.4, -0.2) is 46.9 Å². The van der Waals surface area contributed by atoms with E-state index < -0.39 is 10.0 Å². The van der Waals surface area contributed by atoms with E-state index in [0.717, 1.165) is 6.42 Å². The molecule has 0 bridgehead atoms. The molecular weight excluding hydrogens is 495 g/mol. The second-order valence-corrected chi connectivity index (χ2v) is 10.4. The molecule has 3 heterocycles. The number of aromatic nitrogens is 3. The molecule has 0 radical (unpaired) electrons. The van der Waals surface area contributed by atoms with Gasteiger partial charge in [0.25, 0.3) is 0 Å². The van der Waals surface area contributed by atoms with Gasteiger partial charge < -0.3 is 15.4 Å². The van der Waals surface area contributed by atoms with Crippen LogP contribution in [0.1, 0.15) is 12.8 Å². The van der Waals surface area contributed by atoms with E-state index in [2.05, 4.69) is 25.6 Å². The molecule has 190 valence electrons. The summed E-state index contributed by atoms with van der Waals surface area (Å²) in [6.07, 6.45) is 4.44. The molecule has 11 heteroatoms. The van der Waals surface area contributed by atoms with Gasteiger partial charge in [0.15, 0.2) is 0 Å². The Bertz CT molecular complexity index is 1440. The molecule has 1 aliphatic rings.